The maximum atomic E-state index is 10.4. The lowest BCUT2D eigenvalue weighted by Gasteiger charge is -2.11. The molecule has 4 heteroatoms. The van der Waals surface area contributed by atoms with Crippen molar-refractivity contribution in [3.63, 3.8) is 0 Å². The van der Waals surface area contributed by atoms with E-state index in [1.54, 1.807) is 22.7 Å². The highest BCUT2D eigenvalue weighted by molar-refractivity contribution is 7.13. The molecule has 4 aromatic rings. The van der Waals surface area contributed by atoms with Gasteiger partial charge in [-0.2, -0.15) is 10.5 Å². The molecule has 0 fully saturated rings. The number of nitrogens with zero attached hydrogens (tertiary/aromatic N) is 2. The van der Waals surface area contributed by atoms with Crippen LogP contribution in [0.4, 0.5) is 0 Å². The molecule has 0 atom stereocenters. The Morgan fingerprint density at radius 2 is 0.906 bits per heavy atom. The lowest BCUT2D eigenvalue weighted by Crippen LogP contribution is -1.95. The molecule has 2 aromatic carbocycles. The zero-order valence-electron chi connectivity index (χ0n) is 18.5. The summed E-state index contributed by atoms with van der Waals surface area (Å²) >= 11 is 3.35. The third-order valence-corrected chi connectivity index (χ3v) is 7.66. The van der Waals surface area contributed by atoms with Gasteiger partial charge in [0.05, 0.1) is 11.1 Å². The molecule has 4 rings (SSSR count). The van der Waals surface area contributed by atoms with Crippen LogP contribution in [-0.2, 0) is 0 Å². The Bertz CT molecular complexity index is 1300. The van der Waals surface area contributed by atoms with Crippen molar-refractivity contribution in [1.29, 1.82) is 10.5 Å². The summed E-state index contributed by atoms with van der Waals surface area (Å²) in [6.07, 6.45) is 0. The Balaban J connectivity index is 2.07. The predicted molar refractivity (Wildman–Crippen MR) is 136 cm³/mol. The Labute approximate surface area is 197 Å². The number of allylic oxidation sites excluding steroid dienone is 2. The topological polar surface area (TPSA) is 47.6 Å². The van der Waals surface area contributed by atoms with Crippen LogP contribution in [0.1, 0.15) is 30.6 Å². The number of nitriles is 2. The van der Waals surface area contributed by atoms with Crippen molar-refractivity contribution < 1.29 is 0 Å². The van der Waals surface area contributed by atoms with Crippen LogP contribution >= 0.6 is 22.7 Å². The maximum absolute atomic E-state index is 10.4. The number of hydrogen-bond acceptors (Lipinski definition) is 4. The SMILES string of the molecule is Cc1sc(C)c(-c2ccccc2)c1C(C#N)=C(C#N)c1c(C)sc(C)c1-c1ccccc1. The normalized spacial score (nSPS) is 11.6. The molecule has 0 aliphatic carbocycles. The molecule has 0 radical (unpaired) electrons. The molecule has 2 nitrogen and oxygen atoms in total. The second-order valence-corrected chi connectivity index (χ2v) is 10.5. The molecule has 2 heterocycles. The number of benzene rings is 2. The van der Waals surface area contributed by atoms with Crippen LogP contribution in [0.5, 0.6) is 0 Å². The van der Waals surface area contributed by atoms with Gasteiger partial charge in [-0.25, -0.2) is 0 Å². The van der Waals surface area contributed by atoms with Crippen LogP contribution in [-0.4, -0.2) is 0 Å². The zero-order chi connectivity index (χ0) is 22.8. The summed E-state index contributed by atoms with van der Waals surface area (Å²) in [4.78, 5) is 4.40. The molecule has 32 heavy (non-hydrogen) atoms. The van der Waals surface area contributed by atoms with Gasteiger partial charge in [0.1, 0.15) is 12.1 Å². The molecule has 0 bridgehead atoms. The molecule has 0 spiro atoms. The monoisotopic (exact) mass is 450 g/mol. The van der Waals surface area contributed by atoms with Crippen molar-refractivity contribution >= 4 is 33.8 Å². The van der Waals surface area contributed by atoms with E-state index in [0.717, 1.165) is 52.9 Å². The van der Waals surface area contributed by atoms with Gasteiger partial charge in [0.25, 0.3) is 0 Å². The summed E-state index contributed by atoms with van der Waals surface area (Å²) in [5, 5.41) is 20.7. The Hall–Kier alpha value is -3.44. The summed E-state index contributed by atoms with van der Waals surface area (Å²) < 4.78 is 0. The van der Waals surface area contributed by atoms with Crippen molar-refractivity contribution in [3.8, 4) is 34.4 Å². The molecule has 0 saturated heterocycles. The average molecular weight is 451 g/mol. The molecule has 0 aliphatic rings. The maximum Gasteiger partial charge on any atom is 0.101 e. The molecular weight excluding hydrogens is 428 g/mol. The lowest BCUT2D eigenvalue weighted by atomic mass is 9.88. The number of thiophene rings is 2. The van der Waals surface area contributed by atoms with Crippen LogP contribution < -0.4 is 0 Å². The van der Waals surface area contributed by atoms with E-state index in [9.17, 15) is 10.5 Å². The van der Waals surface area contributed by atoms with Crippen molar-refractivity contribution in [2.75, 3.05) is 0 Å². The first-order valence-corrected chi connectivity index (χ1v) is 12.0. The van der Waals surface area contributed by atoms with Crippen molar-refractivity contribution in [2.45, 2.75) is 27.7 Å². The second kappa shape index (κ2) is 8.97. The molecule has 0 N–H and O–H groups in total. The number of aryl methyl sites for hydroxylation is 4. The van der Waals surface area contributed by atoms with Gasteiger partial charge in [0, 0.05) is 41.8 Å². The van der Waals surface area contributed by atoms with Crippen LogP contribution in [0.3, 0.4) is 0 Å². The fourth-order valence-corrected chi connectivity index (χ4v) is 6.52. The zero-order valence-corrected chi connectivity index (χ0v) is 20.1. The van der Waals surface area contributed by atoms with Crippen LogP contribution in [0.15, 0.2) is 60.7 Å². The van der Waals surface area contributed by atoms with Gasteiger partial charge in [0.15, 0.2) is 0 Å². The minimum atomic E-state index is 0.450. The molecule has 156 valence electrons. The molecule has 0 saturated carbocycles. The molecule has 2 aromatic heterocycles. The van der Waals surface area contributed by atoms with E-state index in [2.05, 4.69) is 50.3 Å². The van der Waals surface area contributed by atoms with Gasteiger partial charge in [-0.15, -0.1) is 22.7 Å². The summed E-state index contributed by atoms with van der Waals surface area (Å²) in [7, 11) is 0. The molecule has 0 amide bonds. The van der Waals surface area contributed by atoms with E-state index in [1.807, 2.05) is 50.2 Å². The minimum Gasteiger partial charge on any atom is -0.192 e. The highest BCUT2D eigenvalue weighted by Crippen LogP contribution is 2.46. The smallest absolute Gasteiger partial charge is 0.101 e. The first-order chi connectivity index (χ1) is 15.5. The third-order valence-electron chi connectivity index (χ3n) is 5.62. The van der Waals surface area contributed by atoms with Gasteiger partial charge >= 0.3 is 0 Å². The Morgan fingerprint density at radius 1 is 0.562 bits per heavy atom. The van der Waals surface area contributed by atoms with E-state index < -0.39 is 0 Å². The predicted octanol–water partition coefficient (Wildman–Crippen LogP) is 8.34. The van der Waals surface area contributed by atoms with Crippen LogP contribution in [0.25, 0.3) is 33.4 Å². The standard InChI is InChI=1S/C28H22N2S2/c1-17-25(21-11-7-5-8-12-21)27(19(3)31-17)23(15-29)24(16-30)28-20(4)32-18(2)26(28)22-13-9-6-10-14-22/h5-14H,1-4H3. The Kier molecular flexibility index (Phi) is 6.10. The third kappa shape index (κ3) is 3.69. The van der Waals surface area contributed by atoms with Crippen molar-refractivity contribution in [1.82, 2.24) is 0 Å². The highest BCUT2D eigenvalue weighted by Gasteiger charge is 2.26. The lowest BCUT2D eigenvalue weighted by molar-refractivity contribution is 1.47. The molecular formula is C28H22N2S2. The summed E-state index contributed by atoms with van der Waals surface area (Å²) in [6.45, 7) is 8.24. The average Bonchev–Trinajstić information content (AvgIpc) is 3.26. The van der Waals surface area contributed by atoms with Crippen molar-refractivity contribution in [2.24, 2.45) is 0 Å². The van der Waals surface area contributed by atoms with E-state index in [1.165, 1.54) is 0 Å². The second-order valence-electron chi connectivity index (χ2n) is 7.63. The first kappa shape index (κ1) is 21.8. The summed E-state index contributed by atoms with van der Waals surface area (Å²) in [5.74, 6) is 0. The van der Waals surface area contributed by atoms with Gasteiger partial charge in [-0.1, -0.05) is 60.7 Å². The summed E-state index contributed by atoms with van der Waals surface area (Å²) in [6, 6.07) is 25.1. The van der Waals surface area contributed by atoms with Gasteiger partial charge in [-0.05, 0) is 38.8 Å². The highest BCUT2D eigenvalue weighted by atomic mass is 32.1. The number of hydrogen-bond donors (Lipinski definition) is 0. The van der Waals surface area contributed by atoms with E-state index >= 15 is 0 Å². The Morgan fingerprint density at radius 3 is 1.22 bits per heavy atom. The number of rotatable bonds is 4. The van der Waals surface area contributed by atoms with E-state index in [4.69, 9.17) is 0 Å². The molecule has 0 aliphatic heterocycles. The summed E-state index contributed by atoms with van der Waals surface area (Å²) in [5.41, 5.74) is 6.87. The van der Waals surface area contributed by atoms with Gasteiger partial charge in [0.2, 0.25) is 0 Å². The van der Waals surface area contributed by atoms with E-state index in [-0.39, 0.29) is 0 Å². The fourth-order valence-electron chi connectivity index (χ4n) is 4.35. The molecule has 0 unspecified atom stereocenters. The quantitative estimate of drug-likeness (QED) is 0.293. The van der Waals surface area contributed by atoms with Gasteiger partial charge < -0.3 is 0 Å². The van der Waals surface area contributed by atoms with Crippen molar-refractivity contribution in [3.05, 3.63) is 91.3 Å². The minimum absolute atomic E-state index is 0.450. The first-order valence-electron chi connectivity index (χ1n) is 10.3. The largest absolute Gasteiger partial charge is 0.192 e. The van der Waals surface area contributed by atoms with Gasteiger partial charge in [-0.3, -0.25) is 0 Å². The van der Waals surface area contributed by atoms with E-state index in [0.29, 0.717) is 11.1 Å². The van der Waals surface area contributed by atoms with Crippen LogP contribution in [0.2, 0.25) is 0 Å². The fraction of sp³-hybridized carbons (Fsp3) is 0.143. The van der Waals surface area contributed by atoms with Crippen LogP contribution in [0, 0.1) is 50.4 Å².